The van der Waals surface area contributed by atoms with Gasteiger partial charge >= 0.3 is 0 Å². The zero-order valence-electron chi connectivity index (χ0n) is 19.5. The Morgan fingerprint density at radius 3 is 2.50 bits per heavy atom. The van der Waals surface area contributed by atoms with Gasteiger partial charge in [0.1, 0.15) is 16.9 Å². The Bertz CT molecular complexity index is 1380. The number of alkyl halides is 2. The Morgan fingerprint density at radius 1 is 1.11 bits per heavy atom. The quantitative estimate of drug-likeness (QED) is 0.410. The first-order valence-electron chi connectivity index (χ1n) is 11.6. The molecule has 2 aliphatic rings. The lowest BCUT2D eigenvalue weighted by atomic mass is 9.88. The average Bonchev–Trinajstić information content (AvgIpc) is 2.81. The van der Waals surface area contributed by atoms with Gasteiger partial charge in [0.05, 0.1) is 11.2 Å². The minimum Gasteiger partial charge on any atom is -0.365 e. The first-order chi connectivity index (χ1) is 17.1. The molecule has 3 aromatic rings. The van der Waals surface area contributed by atoms with E-state index in [9.17, 15) is 22.8 Å². The summed E-state index contributed by atoms with van der Waals surface area (Å²) in [6.07, 6.45) is -0.859. The molecule has 0 atom stereocenters. The molecule has 1 aliphatic carbocycles. The number of carbonyl (C=O) groups is 1. The fraction of sp³-hybridized carbons (Fsp3) is 0.417. The van der Waals surface area contributed by atoms with Crippen LogP contribution in [-0.4, -0.2) is 63.9 Å². The minimum atomic E-state index is -2.77. The number of nitrogens with one attached hydrogen (secondary N) is 2. The summed E-state index contributed by atoms with van der Waals surface area (Å²) in [4.78, 5) is 38.2. The first kappa shape index (κ1) is 24.2. The van der Waals surface area contributed by atoms with Crippen LogP contribution >= 0.6 is 0 Å². The van der Waals surface area contributed by atoms with Gasteiger partial charge in [-0.1, -0.05) is 6.07 Å². The van der Waals surface area contributed by atoms with Crippen molar-refractivity contribution in [2.75, 3.05) is 31.1 Å². The van der Waals surface area contributed by atoms with Gasteiger partial charge in [-0.3, -0.25) is 14.5 Å². The number of hydrogen-bond acceptors (Lipinski definition) is 6. The summed E-state index contributed by atoms with van der Waals surface area (Å²) in [5, 5.41) is 2.44. The fourth-order valence-electron chi connectivity index (χ4n) is 4.58. The van der Waals surface area contributed by atoms with Crippen LogP contribution in [0, 0.1) is 18.7 Å². The van der Waals surface area contributed by atoms with Gasteiger partial charge in [0, 0.05) is 57.2 Å². The van der Waals surface area contributed by atoms with E-state index in [0.717, 1.165) is 0 Å². The molecule has 0 bridgehead atoms. The van der Waals surface area contributed by atoms with Crippen LogP contribution in [0.4, 0.5) is 23.2 Å². The third-order valence-corrected chi connectivity index (χ3v) is 6.65. The summed E-state index contributed by atoms with van der Waals surface area (Å²) in [5.41, 5.74) is 0.774. The molecule has 36 heavy (non-hydrogen) atoms. The van der Waals surface area contributed by atoms with Gasteiger partial charge in [0.2, 0.25) is 5.95 Å². The maximum atomic E-state index is 15.0. The number of aromatic nitrogens is 3. The van der Waals surface area contributed by atoms with Crippen molar-refractivity contribution in [2.24, 2.45) is 0 Å². The SMILES string of the molecule is Cc1nc2ccc(CN3CCN(c4ccc(C(=O)NC5CC(F)(F)C5)nc4F)CC3)c(F)c2[nH]c1=O. The Hall–Kier alpha value is -3.54. The third-order valence-electron chi connectivity index (χ3n) is 6.65. The second-order valence-electron chi connectivity index (χ2n) is 9.29. The molecule has 2 aromatic heterocycles. The molecule has 2 fully saturated rings. The van der Waals surface area contributed by atoms with E-state index in [1.54, 1.807) is 24.0 Å². The highest BCUT2D eigenvalue weighted by atomic mass is 19.3. The van der Waals surface area contributed by atoms with Crippen molar-refractivity contribution < 1.29 is 22.4 Å². The van der Waals surface area contributed by atoms with Crippen molar-refractivity contribution in [3.8, 4) is 0 Å². The zero-order chi connectivity index (χ0) is 25.6. The third kappa shape index (κ3) is 4.77. The van der Waals surface area contributed by atoms with E-state index in [1.165, 1.54) is 12.1 Å². The molecular formula is C24H24F4N6O2. The minimum absolute atomic E-state index is 0.0741. The number of hydrogen-bond donors (Lipinski definition) is 2. The van der Waals surface area contributed by atoms with E-state index in [0.29, 0.717) is 43.8 Å². The van der Waals surface area contributed by atoms with E-state index < -0.39 is 48.0 Å². The summed E-state index contributed by atoms with van der Waals surface area (Å²) in [7, 11) is 0. The molecule has 0 radical (unpaired) electrons. The number of H-pyrrole nitrogens is 1. The van der Waals surface area contributed by atoms with Crippen LogP contribution in [0.5, 0.6) is 0 Å². The standard InChI is InChI=1S/C24H24F4N6O2/c1-13-22(35)32-20-16(29-13)3-2-14(19(20)25)12-33-6-8-34(9-7-33)18-5-4-17(31-21(18)26)23(36)30-15-10-24(27,28)11-15/h2-5,15H,6-12H2,1H3,(H,30,36)(H,32,35). The second-order valence-corrected chi connectivity index (χ2v) is 9.29. The average molecular weight is 504 g/mol. The number of piperazine rings is 1. The van der Waals surface area contributed by atoms with Gasteiger partial charge in [-0.2, -0.15) is 4.39 Å². The Labute approximate surface area is 203 Å². The molecule has 190 valence electrons. The van der Waals surface area contributed by atoms with Crippen LogP contribution in [-0.2, 0) is 6.54 Å². The molecule has 0 unspecified atom stereocenters. The van der Waals surface area contributed by atoms with Gasteiger partial charge < -0.3 is 15.2 Å². The molecule has 0 spiro atoms. The van der Waals surface area contributed by atoms with E-state index in [4.69, 9.17) is 0 Å². The van der Waals surface area contributed by atoms with Gasteiger partial charge in [-0.15, -0.1) is 0 Å². The molecule has 12 heteroatoms. The molecular weight excluding hydrogens is 480 g/mol. The number of pyridine rings is 1. The largest absolute Gasteiger partial charge is 0.365 e. The highest BCUT2D eigenvalue weighted by Crippen LogP contribution is 2.37. The Morgan fingerprint density at radius 2 is 1.83 bits per heavy atom. The molecule has 1 amide bonds. The predicted molar refractivity (Wildman–Crippen MR) is 124 cm³/mol. The van der Waals surface area contributed by atoms with Crippen LogP contribution < -0.4 is 15.8 Å². The van der Waals surface area contributed by atoms with Crippen LogP contribution in [0.1, 0.15) is 34.6 Å². The predicted octanol–water partition coefficient (Wildman–Crippen LogP) is 2.75. The summed E-state index contributed by atoms with van der Waals surface area (Å²) in [6, 6.07) is 5.50. The molecule has 5 rings (SSSR count). The molecule has 3 heterocycles. The van der Waals surface area contributed by atoms with Gasteiger partial charge in [0.25, 0.3) is 17.4 Å². The normalized spacial score (nSPS) is 18.3. The lowest BCUT2D eigenvalue weighted by Gasteiger charge is -2.36. The number of benzene rings is 1. The van der Waals surface area contributed by atoms with Crippen molar-refractivity contribution >= 4 is 22.6 Å². The zero-order valence-corrected chi connectivity index (χ0v) is 19.5. The highest BCUT2D eigenvalue weighted by molar-refractivity contribution is 5.92. The molecule has 2 N–H and O–H groups in total. The van der Waals surface area contributed by atoms with E-state index in [1.807, 2.05) is 4.90 Å². The highest BCUT2D eigenvalue weighted by Gasteiger charge is 2.46. The van der Waals surface area contributed by atoms with Crippen LogP contribution in [0.3, 0.4) is 0 Å². The van der Waals surface area contributed by atoms with Gasteiger partial charge in [-0.25, -0.2) is 23.1 Å². The maximum absolute atomic E-state index is 15.0. The summed E-state index contributed by atoms with van der Waals surface area (Å²) in [5.74, 6) is -4.79. The number of fused-ring (bicyclic) bond motifs is 1. The fourth-order valence-corrected chi connectivity index (χ4v) is 4.58. The number of amides is 1. The van der Waals surface area contributed by atoms with E-state index in [2.05, 4.69) is 20.3 Å². The summed E-state index contributed by atoms with van der Waals surface area (Å²) < 4.78 is 55.6. The molecule has 1 saturated carbocycles. The lowest BCUT2D eigenvalue weighted by Crippen LogP contribution is -2.50. The number of aromatic amines is 1. The molecule has 1 aliphatic heterocycles. The van der Waals surface area contributed by atoms with E-state index >= 15 is 4.39 Å². The monoisotopic (exact) mass is 504 g/mol. The molecule has 1 aromatic carbocycles. The van der Waals surface area contributed by atoms with Crippen LogP contribution in [0.25, 0.3) is 11.0 Å². The van der Waals surface area contributed by atoms with Gasteiger partial charge in [-0.05, 0) is 25.1 Å². The van der Waals surface area contributed by atoms with Gasteiger partial charge in [0.15, 0.2) is 5.82 Å². The van der Waals surface area contributed by atoms with Crippen molar-refractivity contribution in [3.63, 3.8) is 0 Å². The van der Waals surface area contributed by atoms with Crippen LogP contribution in [0.15, 0.2) is 29.1 Å². The first-order valence-corrected chi connectivity index (χ1v) is 11.6. The maximum Gasteiger partial charge on any atom is 0.270 e. The number of anilines is 1. The number of rotatable bonds is 5. The topological polar surface area (TPSA) is 94.2 Å². The van der Waals surface area contributed by atoms with Crippen molar-refractivity contribution in [2.45, 2.75) is 38.3 Å². The Kier molecular flexibility index (Phi) is 6.15. The Balaban J connectivity index is 1.20. The smallest absolute Gasteiger partial charge is 0.270 e. The lowest BCUT2D eigenvalue weighted by molar-refractivity contribution is -0.0901. The van der Waals surface area contributed by atoms with Crippen molar-refractivity contribution in [3.05, 3.63) is 63.3 Å². The van der Waals surface area contributed by atoms with Crippen molar-refractivity contribution in [1.29, 1.82) is 0 Å². The molecule has 8 nitrogen and oxygen atoms in total. The number of nitrogens with zero attached hydrogens (tertiary/aromatic N) is 4. The molecule has 1 saturated heterocycles. The van der Waals surface area contributed by atoms with Crippen molar-refractivity contribution in [1.82, 2.24) is 25.2 Å². The summed E-state index contributed by atoms with van der Waals surface area (Å²) >= 11 is 0. The number of carbonyl (C=O) groups excluding carboxylic acids is 1. The number of halogens is 4. The van der Waals surface area contributed by atoms with E-state index in [-0.39, 0.29) is 22.6 Å². The summed E-state index contributed by atoms with van der Waals surface area (Å²) in [6.45, 7) is 3.83. The van der Waals surface area contributed by atoms with Crippen LogP contribution in [0.2, 0.25) is 0 Å². The second kappa shape index (κ2) is 9.16. The number of aryl methyl sites for hydroxylation is 1.